The zero-order valence-electron chi connectivity index (χ0n) is 19.1. The number of benzene rings is 2. The first-order valence-corrected chi connectivity index (χ1v) is 11.7. The Bertz CT molecular complexity index is 977. The van der Waals surface area contributed by atoms with E-state index in [0.717, 1.165) is 17.7 Å². The molecule has 1 unspecified atom stereocenters. The van der Waals surface area contributed by atoms with Gasteiger partial charge in [-0.2, -0.15) is 0 Å². The minimum absolute atomic E-state index is 0.0225. The first-order valence-electron chi connectivity index (χ1n) is 11.7. The maximum Gasteiger partial charge on any atom is 0.253 e. The molecule has 0 saturated carbocycles. The van der Waals surface area contributed by atoms with Gasteiger partial charge in [0, 0.05) is 51.3 Å². The maximum atomic E-state index is 13.2. The van der Waals surface area contributed by atoms with Gasteiger partial charge in [0.05, 0.1) is 12.5 Å². The zero-order chi connectivity index (χ0) is 23.2. The van der Waals surface area contributed by atoms with Crippen molar-refractivity contribution in [3.63, 3.8) is 0 Å². The second-order valence-corrected chi connectivity index (χ2v) is 8.59. The highest BCUT2D eigenvalue weighted by Crippen LogP contribution is 2.23. The molecule has 2 aliphatic rings. The quantitative estimate of drug-likeness (QED) is 0.680. The van der Waals surface area contributed by atoms with Crippen molar-refractivity contribution in [1.29, 1.82) is 0 Å². The minimum atomic E-state index is -0.311. The number of likely N-dealkylation sites (tertiary alicyclic amines) is 1. The van der Waals surface area contributed by atoms with Crippen LogP contribution in [-0.4, -0.2) is 71.8 Å². The Labute approximate surface area is 194 Å². The lowest BCUT2D eigenvalue weighted by atomic mass is 10.1. The van der Waals surface area contributed by atoms with Crippen molar-refractivity contribution in [2.24, 2.45) is 5.92 Å². The van der Waals surface area contributed by atoms with Gasteiger partial charge in [-0.1, -0.05) is 30.3 Å². The number of carbonyl (C=O) groups excluding carboxylic acids is 3. The third-order valence-electron chi connectivity index (χ3n) is 6.29. The summed E-state index contributed by atoms with van der Waals surface area (Å²) in [4.78, 5) is 44.0. The molecule has 2 heterocycles. The van der Waals surface area contributed by atoms with Gasteiger partial charge in [0.1, 0.15) is 5.75 Å². The average molecular weight is 450 g/mol. The van der Waals surface area contributed by atoms with Crippen molar-refractivity contribution in [1.82, 2.24) is 14.7 Å². The Morgan fingerprint density at radius 1 is 0.939 bits per heavy atom. The average Bonchev–Trinajstić information content (AvgIpc) is 3.04. The molecule has 3 amide bonds. The molecule has 174 valence electrons. The predicted octanol–water partition coefficient (Wildman–Crippen LogP) is 2.81. The molecule has 2 aliphatic heterocycles. The summed E-state index contributed by atoms with van der Waals surface area (Å²) in [5.74, 6) is 0.453. The summed E-state index contributed by atoms with van der Waals surface area (Å²) in [7, 11) is 0. The molecule has 7 nitrogen and oxygen atoms in total. The summed E-state index contributed by atoms with van der Waals surface area (Å²) in [6.45, 7) is 5.70. The Morgan fingerprint density at radius 2 is 1.64 bits per heavy atom. The summed E-state index contributed by atoms with van der Waals surface area (Å²) in [5.41, 5.74) is 1.69. The molecule has 1 atom stereocenters. The van der Waals surface area contributed by atoms with Crippen molar-refractivity contribution in [3.8, 4) is 5.75 Å². The van der Waals surface area contributed by atoms with Gasteiger partial charge in [0.2, 0.25) is 11.8 Å². The Morgan fingerprint density at radius 3 is 2.36 bits per heavy atom. The molecule has 33 heavy (non-hydrogen) atoms. The van der Waals surface area contributed by atoms with E-state index in [-0.39, 0.29) is 30.1 Å². The van der Waals surface area contributed by atoms with Crippen LogP contribution in [0.1, 0.15) is 35.7 Å². The van der Waals surface area contributed by atoms with Gasteiger partial charge in [0.15, 0.2) is 0 Å². The standard InChI is InChI=1S/C26H31N3O4/c1-2-33-23-11-9-21(10-12-23)25(31)27-13-6-14-28(16-15-27)26(32)22-17-24(30)29(19-22)18-20-7-4-3-5-8-20/h3-5,7-12,22H,2,6,13-19H2,1H3. The molecule has 2 saturated heterocycles. The van der Waals surface area contributed by atoms with E-state index in [0.29, 0.717) is 51.4 Å². The molecule has 0 N–H and O–H groups in total. The predicted molar refractivity (Wildman–Crippen MR) is 125 cm³/mol. The van der Waals surface area contributed by atoms with Crippen molar-refractivity contribution in [2.45, 2.75) is 26.3 Å². The summed E-state index contributed by atoms with van der Waals surface area (Å²) < 4.78 is 5.45. The summed E-state index contributed by atoms with van der Waals surface area (Å²) in [6.07, 6.45) is 0.986. The third-order valence-corrected chi connectivity index (χ3v) is 6.29. The second kappa shape index (κ2) is 10.5. The smallest absolute Gasteiger partial charge is 0.253 e. The summed E-state index contributed by atoms with van der Waals surface area (Å²) >= 11 is 0. The molecule has 0 bridgehead atoms. The van der Waals surface area contributed by atoms with Crippen LogP contribution in [0.5, 0.6) is 5.75 Å². The van der Waals surface area contributed by atoms with Gasteiger partial charge in [0.25, 0.3) is 5.91 Å². The second-order valence-electron chi connectivity index (χ2n) is 8.59. The first-order chi connectivity index (χ1) is 16.0. The number of amides is 3. The highest BCUT2D eigenvalue weighted by atomic mass is 16.5. The zero-order valence-corrected chi connectivity index (χ0v) is 19.1. The maximum absolute atomic E-state index is 13.2. The van der Waals surface area contributed by atoms with Crippen LogP contribution in [-0.2, 0) is 16.1 Å². The van der Waals surface area contributed by atoms with E-state index in [1.165, 1.54) is 0 Å². The third kappa shape index (κ3) is 5.53. The van der Waals surface area contributed by atoms with E-state index in [9.17, 15) is 14.4 Å². The fourth-order valence-corrected chi connectivity index (χ4v) is 4.54. The van der Waals surface area contributed by atoms with E-state index < -0.39 is 0 Å². The normalized spacial score (nSPS) is 18.9. The topological polar surface area (TPSA) is 70.2 Å². The van der Waals surface area contributed by atoms with Crippen LogP contribution in [0.25, 0.3) is 0 Å². The molecule has 2 aromatic carbocycles. The van der Waals surface area contributed by atoms with Crippen LogP contribution in [0, 0.1) is 5.92 Å². The summed E-state index contributed by atoms with van der Waals surface area (Å²) in [6, 6.07) is 17.0. The van der Waals surface area contributed by atoms with Gasteiger partial charge in [-0.3, -0.25) is 14.4 Å². The molecule has 2 aromatic rings. The van der Waals surface area contributed by atoms with Gasteiger partial charge in [-0.05, 0) is 43.2 Å². The van der Waals surface area contributed by atoms with Crippen molar-refractivity contribution in [2.75, 3.05) is 39.3 Å². The van der Waals surface area contributed by atoms with E-state index in [1.807, 2.05) is 59.2 Å². The largest absolute Gasteiger partial charge is 0.494 e. The van der Waals surface area contributed by atoms with Crippen LogP contribution >= 0.6 is 0 Å². The molecule has 0 spiro atoms. The van der Waals surface area contributed by atoms with Gasteiger partial charge in [-0.25, -0.2) is 0 Å². The van der Waals surface area contributed by atoms with Crippen molar-refractivity contribution in [3.05, 3.63) is 65.7 Å². The van der Waals surface area contributed by atoms with Crippen LogP contribution < -0.4 is 4.74 Å². The number of carbonyl (C=O) groups is 3. The van der Waals surface area contributed by atoms with Crippen molar-refractivity contribution >= 4 is 17.7 Å². The van der Waals surface area contributed by atoms with E-state index in [4.69, 9.17) is 4.74 Å². The first kappa shape index (κ1) is 22.8. The molecule has 7 heteroatoms. The molecule has 0 aromatic heterocycles. The molecule has 2 fully saturated rings. The van der Waals surface area contributed by atoms with Crippen LogP contribution in [0.2, 0.25) is 0 Å². The molecule has 0 radical (unpaired) electrons. The SMILES string of the molecule is CCOc1ccc(C(=O)N2CCCN(C(=O)C3CC(=O)N(Cc4ccccc4)C3)CC2)cc1. The fourth-order valence-electron chi connectivity index (χ4n) is 4.54. The molecular formula is C26H31N3O4. The van der Waals surface area contributed by atoms with E-state index >= 15 is 0 Å². The lowest BCUT2D eigenvalue weighted by molar-refractivity contribution is -0.135. The van der Waals surface area contributed by atoms with Crippen LogP contribution in [0.3, 0.4) is 0 Å². The number of nitrogens with zero attached hydrogens (tertiary/aromatic N) is 3. The van der Waals surface area contributed by atoms with Crippen molar-refractivity contribution < 1.29 is 19.1 Å². The number of ether oxygens (including phenoxy) is 1. The van der Waals surface area contributed by atoms with Crippen LogP contribution in [0.4, 0.5) is 0 Å². The summed E-state index contributed by atoms with van der Waals surface area (Å²) in [5, 5.41) is 0. The number of rotatable bonds is 6. The number of hydrogen-bond donors (Lipinski definition) is 0. The Balaban J connectivity index is 1.32. The van der Waals surface area contributed by atoms with Gasteiger partial charge < -0.3 is 19.4 Å². The lowest BCUT2D eigenvalue weighted by Crippen LogP contribution is -2.40. The fraction of sp³-hybridized carbons (Fsp3) is 0.423. The monoisotopic (exact) mass is 449 g/mol. The molecular weight excluding hydrogens is 418 g/mol. The van der Waals surface area contributed by atoms with Crippen LogP contribution in [0.15, 0.2) is 54.6 Å². The van der Waals surface area contributed by atoms with Gasteiger partial charge in [-0.15, -0.1) is 0 Å². The van der Waals surface area contributed by atoms with Gasteiger partial charge >= 0.3 is 0 Å². The Hall–Kier alpha value is -3.35. The highest BCUT2D eigenvalue weighted by Gasteiger charge is 2.37. The molecule has 4 rings (SSSR count). The van der Waals surface area contributed by atoms with E-state index in [1.54, 1.807) is 17.0 Å². The lowest BCUT2D eigenvalue weighted by Gasteiger charge is -2.24. The highest BCUT2D eigenvalue weighted by molar-refractivity contribution is 5.94. The Kier molecular flexibility index (Phi) is 7.27. The minimum Gasteiger partial charge on any atom is -0.494 e. The van der Waals surface area contributed by atoms with E-state index in [2.05, 4.69) is 0 Å². The number of hydrogen-bond acceptors (Lipinski definition) is 4. The molecule has 0 aliphatic carbocycles.